The monoisotopic (exact) mass is 257 g/mol. The van der Waals surface area contributed by atoms with Crippen LogP contribution in [0, 0.1) is 0 Å². The van der Waals surface area contributed by atoms with Crippen LogP contribution >= 0.6 is 11.6 Å². The zero-order valence-corrected chi connectivity index (χ0v) is 11.0. The zero-order chi connectivity index (χ0) is 12.3. The number of hydrogen-bond donors (Lipinski definition) is 1. The summed E-state index contributed by atoms with van der Waals surface area (Å²) in [4.78, 5) is 0. The van der Waals surface area contributed by atoms with Gasteiger partial charge in [0.25, 0.3) is 0 Å². The predicted octanol–water partition coefficient (Wildman–Crippen LogP) is 2.05. The molecule has 1 N–H and O–H groups in total. The summed E-state index contributed by atoms with van der Waals surface area (Å²) in [7, 11) is 1.67. The maximum Gasteiger partial charge on any atom is 0.0717 e. The van der Waals surface area contributed by atoms with Crippen LogP contribution in [0.25, 0.3) is 0 Å². The molecule has 0 aliphatic carbocycles. The van der Waals surface area contributed by atoms with E-state index in [0.717, 1.165) is 6.54 Å². The molecular weight excluding hydrogens is 238 g/mol. The van der Waals surface area contributed by atoms with E-state index in [4.69, 9.17) is 21.1 Å². The Labute approximate surface area is 108 Å². The highest BCUT2D eigenvalue weighted by atomic mass is 35.5. The van der Waals surface area contributed by atoms with Crippen molar-refractivity contribution in [3.8, 4) is 0 Å². The van der Waals surface area contributed by atoms with Crippen molar-refractivity contribution in [1.82, 2.24) is 5.32 Å². The van der Waals surface area contributed by atoms with E-state index in [9.17, 15) is 0 Å². The predicted molar refractivity (Wildman–Crippen MR) is 70.5 cm³/mol. The average molecular weight is 258 g/mol. The Bertz CT molecular complexity index is 282. The molecule has 1 atom stereocenters. The topological polar surface area (TPSA) is 30.5 Å². The van der Waals surface area contributed by atoms with Gasteiger partial charge in [-0.1, -0.05) is 30.3 Å². The molecule has 1 aromatic rings. The van der Waals surface area contributed by atoms with Crippen molar-refractivity contribution in [2.75, 3.05) is 32.7 Å². The molecule has 0 fully saturated rings. The van der Waals surface area contributed by atoms with E-state index in [-0.39, 0.29) is 6.04 Å². The van der Waals surface area contributed by atoms with Gasteiger partial charge in [0.05, 0.1) is 19.8 Å². The first-order chi connectivity index (χ1) is 8.36. The number of ether oxygens (including phenoxy) is 2. The Balaban J connectivity index is 2.04. The standard InChI is InChI=1S/C13H20ClNO2/c1-16-11-13(9-14)15-7-8-17-10-12-5-3-2-4-6-12/h2-6,13,15H,7-11H2,1H3. The van der Waals surface area contributed by atoms with Crippen LogP contribution in [0.5, 0.6) is 0 Å². The van der Waals surface area contributed by atoms with Gasteiger partial charge in [0.1, 0.15) is 0 Å². The molecule has 0 saturated heterocycles. The summed E-state index contributed by atoms with van der Waals surface area (Å²) in [5, 5.41) is 3.27. The summed E-state index contributed by atoms with van der Waals surface area (Å²) in [6, 6.07) is 10.3. The lowest BCUT2D eigenvalue weighted by molar-refractivity contribution is 0.115. The molecule has 0 bridgehead atoms. The first-order valence-electron chi connectivity index (χ1n) is 5.76. The minimum Gasteiger partial charge on any atom is -0.383 e. The van der Waals surface area contributed by atoms with Crippen LogP contribution < -0.4 is 5.32 Å². The fourth-order valence-corrected chi connectivity index (χ4v) is 1.66. The van der Waals surface area contributed by atoms with Crippen LogP contribution in [-0.2, 0) is 16.1 Å². The summed E-state index contributed by atoms with van der Waals surface area (Å²) in [6.45, 7) is 2.74. The van der Waals surface area contributed by atoms with Crippen LogP contribution in [0.2, 0.25) is 0 Å². The molecule has 0 aliphatic heterocycles. The summed E-state index contributed by atoms with van der Waals surface area (Å²) in [5.74, 6) is 0.548. The van der Waals surface area contributed by atoms with E-state index < -0.39 is 0 Å². The number of alkyl halides is 1. The number of methoxy groups -OCH3 is 1. The first-order valence-corrected chi connectivity index (χ1v) is 6.30. The molecule has 1 unspecified atom stereocenters. The molecule has 3 nitrogen and oxygen atoms in total. The van der Waals surface area contributed by atoms with Gasteiger partial charge in [-0.05, 0) is 5.56 Å². The van der Waals surface area contributed by atoms with Crippen molar-refractivity contribution in [3.05, 3.63) is 35.9 Å². The van der Waals surface area contributed by atoms with Gasteiger partial charge in [0, 0.05) is 25.6 Å². The highest BCUT2D eigenvalue weighted by Gasteiger charge is 2.04. The Hall–Kier alpha value is -0.610. The molecule has 0 amide bonds. The van der Waals surface area contributed by atoms with Gasteiger partial charge in [-0.2, -0.15) is 0 Å². The second-order valence-corrected chi connectivity index (χ2v) is 4.11. The van der Waals surface area contributed by atoms with Crippen molar-refractivity contribution in [1.29, 1.82) is 0 Å². The van der Waals surface area contributed by atoms with Gasteiger partial charge in [0.15, 0.2) is 0 Å². The largest absolute Gasteiger partial charge is 0.383 e. The second-order valence-electron chi connectivity index (χ2n) is 3.80. The molecular formula is C13H20ClNO2. The molecule has 0 aromatic heterocycles. The minimum absolute atomic E-state index is 0.196. The van der Waals surface area contributed by atoms with Crippen LogP contribution in [0.15, 0.2) is 30.3 Å². The maximum absolute atomic E-state index is 5.77. The smallest absolute Gasteiger partial charge is 0.0717 e. The summed E-state index contributed by atoms with van der Waals surface area (Å²) in [6.07, 6.45) is 0. The van der Waals surface area contributed by atoms with E-state index >= 15 is 0 Å². The van der Waals surface area contributed by atoms with Crippen LogP contribution in [0.3, 0.4) is 0 Å². The quantitative estimate of drug-likeness (QED) is 0.543. The summed E-state index contributed by atoms with van der Waals surface area (Å²) < 4.78 is 10.6. The Kier molecular flexibility index (Phi) is 8.01. The molecule has 1 aromatic carbocycles. The lowest BCUT2D eigenvalue weighted by atomic mass is 10.2. The fraction of sp³-hybridized carbons (Fsp3) is 0.538. The van der Waals surface area contributed by atoms with E-state index in [1.807, 2.05) is 18.2 Å². The highest BCUT2D eigenvalue weighted by molar-refractivity contribution is 6.18. The van der Waals surface area contributed by atoms with Gasteiger partial charge in [0.2, 0.25) is 0 Å². The number of rotatable bonds is 9. The normalized spacial score (nSPS) is 12.6. The molecule has 0 heterocycles. The lowest BCUT2D eigenvalue weighted by Gasteiger charge is -2.14. The molecule has 0 radical (unpaired) electrons. The molecule has 0 saturated carbocycles. The highest BCUT2D eigenvalue weighted by Crippen LogP contribution is 1.99. The molecule has 0 spiro atoms. The molecule has 0 aliphatic rings. The average Bonchev–Trinajstić information content (AvgIpc) is 2.38. The summed E-state index contributed by atoms with van der Waals surface area (Å²) in [5.41, 5.74) is 1.19. The van der Waals surface area contributed by atoms with Gasteiger partial charge in [-0.3, -0.25) is 0 Å². The van der Waals surface area contributed by atoms with Gasteiger partial charge >= 0.3 is 0 Å². The maximum atomic E-state index is 5.77. The van der Waals surface area contributed by atoms with Crippen molar-refractivity contribution in [3.63, 3.8) is 0 Å². The Morgan fingerprint density at radius 2 is 2.06 bits per heavy atom. The third-order valence-electron chi connectivity index (χ3n) is 2.35. The van der Waals surface area contributed by atoms with Crippen molar-refractivity contribution in [2.45, 2.75) is 12.6 Å². The molecule has 1 rings (SSSR count). The lowest BCUT2D eigenvalue weighted by Crippen LogP contribution is -2.36. The number of nitrogens with one attached hydrogen (secondary N) is 1. The van der Waals surface area contributed by atoms with Gasteiger partial charge < -0.3 is 14.8 Å². The first kappa shape index (κ1) is 14.5. The van der Waals surface area contributed by atoms with Crippen molar-refractivity contribution in [2.24, 2.45) is 0 Å². The van der Waals surface area contributed by atoms with E-state index in [0.29, 0.717) is 25.7 Å². The van der Waals surface area contributed by atoms with E-state index in [1.54, 1.807) is 7.11 Å². The number of benzene rings is 1. The van der Waals surface area contributed by atoms with E-state index in [2.05, 4.69) is 17.4 Å². The van der Waals surface area contributed by atoms with Crippen LogP contribution in [0.1, 0.15) is 5.56 Å². The summed E-state index contributed by atoms with van der Waals surface area (Å²) >= 11 is 5.77. The van der Waals surface area contributed by atoms with Gasteiger partial charge in [-0.25, -0.2) is 0 Å². The van der Waals surface area contributed by atoms with Crippen molar-refractivity contribution >= 4 is 11.6 Å². The number of hydrogen-bond acceptors (Lipinski definition) is 3. The Morgan fingerprint density at radius 1 is 1.29 bits per heavy atom. The third-order valence-corrected chi connectivity index (χ3v) is 2.72. The SMILES string of the molecule is COCC(CCl)NCCOCc1ccccc1. The van der Waals surface area contributed by atoms with Crippen LogP contribution in [0.4, 0.5) is 0 Å². The van der Waals surface area contributed by atoms with Crippen molar-refractivity contribution < 1.29 is 9.47 Å². The number of halogens is 1. The minimum atomic E-state index is 0.196. The third kappa shape index (κ3) is 6.64. The van der Waals surface area contributed by atoms with Crippen LogP contribution in [-0.4, -0.2) is 38.8 Å². The molecule has 4 heteroatoms. The second kappa shape index (κ2) is 9.42. The molecule has 96 valence electrons. The fourth-order valence-electron chi connectivity index (χ4n) is 1.46. The Morgan fingerprint density at radius 3 is 2.71 bits per heavy atom. The molecule has 17 heavy (non-hydrogen) atoms. The van der Waals surface area contributed by atoms with Gasteiger partial charge in [-0.15, -0.1) is 11.6 Å². The zero-order valence-electron chi connectivity index (χ0n) is 10.2. The van der Waals surface area contributed by atoms with E-state index in [1.165, 1.54) is 5.56 Å².